The zero-order valence-electron chi connectivity index (χ0n) is 14.6. The van der Waals surface area contributed by atoms with Crippen LogP contribution in [0.5, 0.6) is 0 Å². The van der Waals surface area contributed by atoms with Gasteiger partial charge in [0.15, 0.2) is 0 Å². The Kier molecular flexibility index (Phi) is 4.70. The van der Waals surface area contributed by atoms with Gasteiger partial charge >= 0.3 is 6.03 Å². The average molecular weight is 353 g/mol. The van der Waals surface area contributed by atoms with E-state index in [1.165, 1.54) is 0 Å². The van der Waals surface area contributed by atoms with Crippen molar-refractivity contribution in [1.29, 1.82) is 0 Å². The van der Waals surface area contributed by atoms with Gasteiger partial charge in [-0.3, -0.25) is 0 Å². The number of anilines is 4. The first-order valence-corrected chi connectivity index (χ1v) is 8.76. The van der Waals surface area contributed by atoms with Crippen LogP contribution in [0.1, 0.15) is 0 Å². The number of hydrogen-bond acceptors (Lipinski definition) is 2. The minimum atomic E-state index is -0.268. The van der Waals surface area contributed by atoms with Crippen molar-refractivity contribution >= 4 is 39.6 Å². The molecule has 0 aliphatic heterocycles. The highest BCUT2D eigenvalue weighted by molar-refractivity contribution is 6.06. The van der Waals surface area contributed by atoms with Gasteiger partial charge in [-0.05, 0) is 47.9 Å². The van der Waals surface area contributed by atoms with E-state index >= 15 is 0 Å². The second-order valence-corrected chi connectivity index (χ2v) is 6.17. The molecule has 3 N–H and O–H groups in total. The molecule has 0 saturated carbocycles. The van der Waals surface area contributed by atoms with Gasteiger partial charge in [-0.15, -0.1) is 0 Å². The van der Waals surface area contributed by atoms with Gasteiger partial charge < -0.3 is 16.0 Å². The van der Waals surface area contributed by atoms with Gasteiger partial charge in [0.05, 0.1) is 5.69 Å². The van der Waals surface area contributed by atoms with E-state index in [9.17, 15) is 4.79 Å². The number of nitrogens with one attached hydrogen (secondary N) is 3. The van der Waals surface area contributed by atoms with Crippen LogP contribution in [0, 0.1) is 0 Å². The standard InChI is InChI=1S/C23H19N3O/c27-23(26-22-12-6-8-17-7-4-5-11-21(17)22)25-20-15-13-19(14-16-20)24-18-9-2-1-3-10-18/h1-16,24H,(H2,25,26,27). The molecule has 27 heavy (non-hydrogen) atoms. The summed E-state index contributed by atoms with van der Waals surface area (Å²) in [5.74, 6) is 0. The third kappa shape index (κ3) is 4.07. The van der Waals surface area contributed by atoms with Gasteiger partial charge in [-0.2, -0.15) is 0 Å². The molecule has 4 nitrogen and oxygen atoms in total. The summed E-state index contributed by atoms with van der Waals surface area (Å²) in [6.07, 6.45) is 0. The molecule has 2 amide bonds. The third-order valence-electron chi connectivity index (χ3n) is 4.24. The summed E-state index contributed by atoms with van der Waals surface area (Å²) in [7, 11) is 0. The fraction of sp³-hybridized carbons (Fsp3) is 0. The zero-order valence-corrected chi connectivity index (χ0v) is 14.6. The number of benzene rings is 4. The van der Waals surface area contributed by atoms with E-state index in [4.69, 9.17) is 0 Å². The zero-order chi connectivity index (χ0) is 18.5. The molecule has 0 unspecified atom stereocenters. The van der Waals surface area contributed by atoms with E-state index in [0.717, 1.165) is 33.5 Å². The Morgan fingerprint density at radius 3 is 2.00 bits per heavy atom. The maximum absolute atomic E-state index is 12.4. The number of urea groups is 1. The molecule has 0 heterocycles. The maximum Gasteiger partial charge on any atom is 0.323 e. The van der Waals surface area contributed by atoms with Crippen molar-refractivity contribution in [3.05, 3.63) is 97.1 Å². The van der Waals surface area contributed by atoms with Crippen LogP contribution in [-0.2, 0) is 0 Å². The number of amides is 2. The quantitative estimate of drug-likeness (QED) is 0.407. The van der Waals surface area contributed by atoms with Crippen molar-refractivity contribution in [3.63, 3.8) is 0 Å². The second kappa shape index (κ2) is 7.62. The summed E-state index contributed by atoms with van der Waals surface area (Å²) >= 11 is 0. The van der Waals surface area contributed by atoms with Crippen LogP contribution in [0.4, 0.5) is 27.5 Å². The Morgan fingerprint density at radius 1 is 0.556 bits per heavy atom. The minimum absolute atomic E-state index is 0.268. The predicted octanol–water partition coefficient (Wildman–Crippen LogP) is 6.23. The number of carbonyl (C=O) groups is 1. The van der Waals surface area contributed by atoms with Crippen LogP contribution in [0.3, 0.4) is 0 Å². The van der Waals surface area contributed by atoms with Gasteiger partial charge in [-0.1, -0.05) is 54.6 Å². The number of fused-ring (bicyclic) bond motifs is 1. The van der Waals surface area contributed by atoms with Crippen LogP contribution in [0.15, 0.2) is 97.1 Å². The Morgan fingerprint density at radius 2 is 1.19 bits per heavy atom. The normalized spacial score (nSPS) is 10.4. The largest absolute Gasteiger partial charge is 0.356 e. The first kappa shape index (κ1) is 16.7. The lowest BCUT2D eigenvalue weighted by molar-refractivity contribution is 0.262. The van der Waals surface area contributed by atoms with Crippen molar-refractivity contribution < 1.29 is 4.79 Å². The highest BCUT2D eigenvalue weighted by atomic mass is 16.2. The molecule has 0 aliphatic carbocycles. The van der Waals surface area contributed by atoms with E-state index in [0.29, 0.717) is 0 Å². The molecule has 4 aromatic rings. The Balaban J connectivity index is 1.42. The molecule has 0 atom stereocenters. The van der Waals surface area contributed by atoms with Crippen molar-refractivity contribution in [1.82, 2.24) is 0 Å². The van der Waals surface area contributed by atoms with E-state index in [1.54, 1.807) is 0 Å². The fourth-order valence-electron chi connectivity index (χ4n) is 2.94. The van der Waals surface area contributed by atoms with Gasteiger partial charge in [0.25, 0.3) is 0 Å². The van der Waals surface area contributed by atoms with Gasteiger partial charge in [0.2, 0.25) is 0 Å². The number of para-hydroxylation sites is 1. The molecule has 0 aromatic heterocycles. The monoisotopic (exact) mass is 353 g/mol. The summed E-state index contributed by atoms with van der Waals surface area (Å²) in [5.41, 5.74) is 3.49. The highest BCUT2D eigenvalue weighted by Crippen LogP contribution is 2.23. The lowest BCUT2D eigenvalue weighted by Gasteiger charge is -2.11. The van der Waals surface area contributed by atoms with E-state index in [2.05, 4.69) is 16.0 Å². The number of hydrogen-bond donors (Lipinski definition) is 3. The average Bonchev–Trinajstić information content (AvgIpc) is 2.71. The molecular formula is C23H19N3O. The lowest BCUT2D eigenvalue weighted by Crippen LogP contribution is -2.19. The van der Waals surface area contributed by atoms with Crippen LogP contribution < -0.4 is 16.0 Å². The highest BCUT2D eigenvalue weighted by Gasteiger charge is 2.06. The summed E-state index contributed by atoms with van der Waals surface area (Å²) in [6, 6.07) is 31.1. The van der Waals surface area contributed by atoms with E-state index in [1.807, 2.05) is 97.1 Å². The summed E-state index contributed by atoms with van der Waals surface area (Å²) in [5, 5.41) is 11.2. The maximum atomic E-state index is 12.4. The molecule has 4 rings (SSSR count). The minimum Gasteiger partial charge on any atom is -0.356 e. The third-order valence-corrected chi connectivity index (χ3v) is 4.24. The Labute approximate surface area is 157 Å². The fourth-order valence-corrected chi connectivity index (χ4v) is 2.94. The molecule has 4 heteroatoms. The molecular weight excluding hydrogens is 334 g/mol. The van der Waals surface area contributed by atoms with Crippen molar-refractivity contribution in [2.45, 2.75) is 0 Å². The molecule has 0 fully saturated rings. The van der Waals surface area contributed by atoms with Crippen LogP contribution in [0.25, 0.3) is 10.8 Å². The summed E-state index contributed by atoms with van der Waals surface area (Å²) < 4.78 is 0. The Hall–Kier alpha value is -3.79. The van der Waals surface area contributed by atoms with Gasteiger partial charge in [0.1, 0.15) is 0 Å². The van der Waals surface area contributed by atoms with Crippen molar-refractivity contribution in [2.24, 2.45) is 0 Å². The van der Waals surface area contributed by atoms with E-state index in [-0.39, 0.29) is 6.03 Å². The molecule has 4 aromatic carbocycles. The van der Waals surface area contributed by atoms with Gasteiger partial charge in [0, 0.05) is 22.4 Å². The Bertz CT molecular complexity index is 1050. The lowest BCUT2D eigenvalue weighted by atomic mass is 10.1. The molecule has 0 saturated heterocycles. The summed E-state index contributed by atoms with van der Waals surface area (Å²) in [4.78, 5) is 12.4. The number of carbonyl (C=O) groups excluding carboxylic acids is 1. The second-order valence-electron chi connectivity index (χ2n) is 6.17. The SMILES string of the molecule is O=C(Nc1ccc(Nc2ccccc2)cc1)Nc1cccc2ccccc12. The smallest absolute Gasteiger partial charge is 0.323 e. The molecule has 0 aliphatic rings. The molecule has 132 valence electrons. The van der Waals surface area contributed by atoms with Crippen LogP contribution in [0.2, 0.25) is 0 Å². The predicted molar refractivity (Wildman–Crippen MR) is 113 cm³/mol. The van der Waals surface area contributed by atoms with Crippen molar-refractivity contribution in [3.8, 4) is 0 Å². The van der Waals surface area contributed by atoms with E-state index < -0.39 is 0 Å². The topological polar surface area (TPSA) is 53.2 Å². The van der Waals surface area contributed by atoms with Gasteiger partial charge in [-0.25, -0.2) is 4.79 Å². The summed E-state index contributed by atoms with van der Waals surface area (Å²) in [6.45, 7) is 0. The van der Waals surface area contributed by atoms with Crippen LogP contribution in [-0.4, -0.2) is 6.03 Å². The number of rotatable bonds is 4. The first-order valence-electron chi connectivity index (χ1n) is 8.76. The van der Waals surface area contributed by atoms with Crippen molar-refractivity contribution in [2.75, 3.05) is 16.0 Å². The first-order chi connectivity index (χ1) is 13.3. The molecule has 0 spiro atoms. The molecule has 0 radical (unpaired) electrons. The van der Waals surface area contributed by atoms with Crippen LogP contribution >= 0.6 is 0 Å². The molecule has 0 bridgehead atoms.